The van der Waals surface area contributed by atoms with Gasteiger partial charge in [-0.25, -0.2) is 0 Å². The molecule has 128 valence electrons. The average Bonchev–Trinajstić information content (AvgIpc) is 3.20. The number of thiophene rings is 1. The van der Waals surface area contributed by atoms with Crippen molar-refractivity contribution in [1.29, 1.82) is 5.26 Å². The van der Waals surface area contributed by atoms with Crippen molar-refractivity contribution in [3.8, 4) is 6.07 Å². The first-order valence-corrected chi connectivity index (χ1v) is 9.22. The van der Waals surface area contributed by atoms with E-state index in [0.29, 0.717) is 17.1 Å². The second-order valence-corrected chi connectivity index (χ2v) is 7.25. The fraction of sp³-hybridized carbons (Fsp3) is 0.588. The molecule has 1 aliphatic heterocycles. The van der Waals surface area contributed by atoms with Gasteiger partial charge in [0.1, 0.15) is 11.4 Å². The first kappa shape index (κ1) is 16.9. The molecule has 24 heavy (non-hydrogen) atoms. The molecule has 1 fully saturated rings. The third-order valence-corrected chi connectivity index (χ3v) is 5.61. The highest BCUT2D eigenvalue weighted by atomic mass is 32.1. The Hall–Kier alpha value is -1.91. The van der Waals surface area contributed by atoms with Crippen molar-refractivity contribution in [2.24, 2.45) is 0 Å². The molecule has 1 aromatic heterocycles. The van der Waals surface area contributed by atoms with Crippen LogP contribution in [-0.4, -0.2) is 31.1 Å². The number of anilines is 1. The minimum atomic E-state index is -0.371. The van der Waals surface area contributed by atoms with Crippen LogP contribution in [0.2, 0.25) is 0 Å². The third-order valence-electron chi connectivity index (χ3n) is 4.41. The number of hydrogen-bond donors (Lipinski definition) is 2. The van der Waals surface area contributed by atoms with E-state index in [0.717, 1.165) is 50.7 Å². The lowest BCUT2D eigenvalue weighted by Crippen LogP contribution is -2.32. The van der Waals surface area contributed by atoms with E-state index in [9.17, 15) is 9.59 Å². The number of nitrogens with one attached hydrogen (secondary N) is 2. The highest BCUT2D eigenvalue weighted by Gasteiger charge is 2.27. The molecule has 1 saturated heterocycles. The number of nitrogens with zero attached hydrogens (tertiary/aromatic N) is 1. The second-order valence-electron chi connectivity index (χ2n) is 6.14. The first-order chi connectivity index (χ1) is 11.7. The summed E-state index contributed by atoms with van der Waals surface area (Å²) in [5, 5.41) is 14.9. The van der Waals surface area contributed by atoms with Gasteiger partial charge in [0.15, 0.2) is 0 Å². The average molecular weight is 347 g/mol. The predicted octanol–water partition coefficient (Wildman–Crippen LogP) is 2.39. The predicted molar refractivity (Wildman–Crippen MR) is 91.1 cm³/mol. The SMILES string of the molecule is N#CCC(=O)Nc1sc2c(c1C(=O)NC[C@@H]1CCCO1)CCCC2. The van der Waals surface area contributed by atoms with Gasteiger partial charge in [0.05, 0.1) is 17.7 Å². The van der Waals surface area contributed by atoms with Crippen molar-refractivity contribution in [3.05, 3.63) is 16.0 Å². The largest absolute Gasteiger partial charge is 0.376 e. The molecular formula is C17H21N3O3S. The van der Waals surface area contributed by atoms with Gasteiger partial charge in [0.2, 0.25) is 5.91 Å². The maximum Gasteiger partial charge on any atom is 0.254 e. The van der Waals surface area contributed by atoms with Gasteiger partial charge in [0, 0.05) is 18.0 Å². The molecule has 1 aliphatic carbocycles. The number of hydrogen-bond acceptors (Lipinski definition) is 5. The number of carbonyl (C=O) groups excluding carboxylic acids is 2. The highest BCUT2D eigenvalue weighted by Crippen LogP contribution is 2.38. The summed E-state index contributed by atoms with van der Waals surface area (Å²) >= 11 is 1.47. The van der Waals surface area contributed by atoms with E-state index in [2.05, 4.69) is 10.6 Å². The summed E-state index contributed by atoms with van der Waals surface area (Å²) < 4.78 is 5.54. The lowest BCUT2D eigenvalue weighted by Gasteiger charge is -2.15. The lowest BCUT2D eigenvalue weighted by atomic mass is 9.95. The van der Waals surface area contributed by atoms with Crippen molar-refractivity contribution in [1.82, 2.24) is 5.32 Å². The fourth-order valence-corrected chi connectivity index (χ4v) is 4.54. The van der Waals surface area contributed by atoms with Crippen molar-refractivity contribution < 1.29 is 14.3 Å². The monoisotopic (exact) mass is 347 g/mol. The van der Waals surface area contributed by atoms with Crippen LogP contribution in [0.1, 0.15) is 52.9 Å². The molecule has 3 rings (SSSR count). The van der Waals surface area contributed by atoms with Gasteiger partial charge < -0.3 is 15.4 Å². The molecule has 2 heterocycles. The third kappa shape index (κ3) is 3.77. The van der Waals surface area contributed by atoms with E-state index in [1.54, 1.807) is 0 Å². The number of carbonyl (C=O) groups is 2. The summed E-state index contributed by atoms with van der Waals surface area (Å²) in [4.78, 5) is 25.7. The Bertz CT molecular complexity index is 671. The van der Waals surface area contributed by atoms with Crippen LogP contribution in [0, 0.1) is 11.3 Å². The number of fused-ring (bicyclic) bond motifs is 1. The molecule has 0 radical (unpaired) electrons. The van der Waals surface area contributed by atoms with E-state index in [1.165, 1.54) is 16.2 Å². The number of amides is 2. The molecule has 0 aromatic carbocycles. The molecule has 7 heteroatoms. The number of ether oxygens (including phenoxy) is 1. The smallest absolute Gasteiger partial charge is 0.254 e. The molecule has 0 saturated carbocycles. The van der Waals surface area contributed by atoms with Crippen LogP contribution in [0.4, 0.5) is 5.00 Å². The normalized spacial score (nSPS) is 19.4. The van der Waals surface area contributed by atoms with Crippen LogP contribution in [-0.2, 0) is 22.4 Å². The number of rotatable bonds is 5. The lowest BCUT2D eigenvalue weighted by molar-refractivity contribution is -0.115. The van der Waals surface area contributed by atoms with Crippen molar-refractivity contribution in [2.45, 2.75) is 51.0 Å². The van der Waals surface area contributed by atoms with Crippen LogP contribution in [0.15, 0.2) is 0 Å². The number of aryl methyl sites for hydroxylation is 1. The van der Waals surface area contributed by atoms with Crippen LogP contribution >= 0.6 is 11.3 Å². The standard InChI is InChI=1S/C17H21N3O3S/c18-8-7-14(21)20-17-15(12-5-1-2-6-13(12)24-17)16(22)19-10-11-4-3-9-23-11/h11H,1-7,9-10H2,(H,19,22)(H,20,21)/t11-/m0/s1. The topological polar surface area (TPSA) is 91.2 Å². The zero-order chi connectivity index (χ0) is 16.9. The fourth-order valence-electron chi connectivity index (χ4n) is 3.24. The molecular weight excluding hydrogens is 326 g/mol. The summed E-state index contributed by atoms with van der Waals surface area (Å²) in [6.45, 7) is 1.25. The Balaban J connectivity index is 1.78. The number of nitriles is 1. The first-order valence-electron chi connectivity index (χ1n) is 8.40. The van der Waals surface area contributed by atoms with Gasteiger partial charge in [0.25, 0.3) is 5.91 Å². The summed E-state index contributed by atoms with van der Waals surface area (Å²) in [6, 6.07) is 1.84. The highest BCUT2D eigenvalue weighted by molar-refractivity contribution is 7.17. The van der Waals surface area contributed by atoms with Gasteiger partial charge >= 0.3 is 0 Å². The van der Waals surface area contributed by atoms with E-state index in [4.69, 9.17) is 10.00 Å². The van der Waals surface area contributed by atoms with Gasteiger partial charge in [-0.1, -0.05) is 0 Å². The summed E-state index contributed by atoms with van der Waals surface area (Å²) in [5.74, 6) is -0.526. The van der Waals surface area contributed by atoms with E-state index in [1.807, 2.05) is 6.07 Å². The molecule has 0 unspecified atom stereocenters. The molecule has 0 bridgehead atoms. The van der Waals surface area contributed by atoms with Crippen LogP contribution < -0.4 is 10.6 Å². The zero-order valence-corrected chi connectivity index (χ0v) is 14.3. The minimum Gasteiger partial charge on any atom is -0.376 e. The van der Waals surface area contributed by atoms with E-state index < -0.39 is 0 Å². The maximum absolute atomic E-state index is 12.7. The van der Waals surface area contributed by atoms with Gasteiger partial charge in [-0.2, -0.15) is 5.26 Å². The second kappa shape index (κ2) is 7.77. The van der Waals surface area contributed by atoms with Crippen LogP contribution in [0.3, 0.4) is 0 Å². The van der Waals surface area contributed by atoms with Crippen LogP contribution in [0.25, 0.3) is 0 Å². The Morgan fingerprint density at radius 3 is 2.88 bits per heavy atom. The minimum absolute atomic E-state index is 0.0834. The Morgan fingerprint density at radius 1 is 1.29 bits per heavy atom. The van der Waals surface area contributed by atoms with E-state index in [-0.39, 0.29) is 24.3 Å². The summed E-state index contributed by atoms with van der Waals surface area (Å²) in [6.07, 6.45) is 5.84. The zero-order valence-electron chi connectivity index (χ0n) is 13.5. The van der Waals surface area contributed by atoms with Crippen LogP contribution in [0.5, 0.6) is 0 Å². The van der Waals surface area contributed by atoms with Gasteiger partial charge in [-0.05, 0) is 44.1 Å². The Kier molecular flexibility index (Phi) is 5.48. The molecule has 1 atom stereocenters. The Labute approximate surface area is 145 Å². The van der Waals surface area contributed by atoms with E-state index >= 15 is 0 Å². The quantitative estimate of drug-likeness (QED) is 0.855. The summed E-state index contributed by atoms with van der Waals surface area (Å²) in [7, 11) is 0. The van der Waals surface area contributed by atoms with Gasteiger partial charge in [-0.15, -0.1) is 11.3 Å². The van der Waals surface area contributed by atoms with Crippen molar-refractivity contribution in [2.75, 3.05) is 18.5 Å². The molecule has 1 aromatic rings. The molecule has 2 aliphatic rings. The summed E-state index contributed by atoms with van der Waals surface area (Å²) in [5.41, 5.74) is 1.64. The molecule has 0 spiro atoms. The van der Waals surface area contributed by atoms with Crippen molar-refractivity contribution >= 4 is 28.2 Å². The molecule has 2 N–H and O–H groups in total. The Morgan fingerprint density at radius 2 is 2.12 bits per heavy atom. The van der Waals surface area contributed by atoms with Gasteiger partial charge in [-0.3, -0.25) is 9.59 Å². The van der Waals surface area contributed by atoms with Crippen molar-refractivity contribution in [3.63, 3.8) is 0 Å². The molecule has 6 nitrogen and oxygen atoms in total. The molecule has 2 amide bonds. The maximum atomic E-state index is 12.7.